The molecule has 2 heterocycles. The number of alkyl halides is 2. The predicted molar refractivity (Wildman–Crippen MR) is 106 cm³/mol. The summed E-state index contributed by atoms with van der Waals surface area (Å²) in [7, 11) is 0. The molecular formula is C21H18BrF5N2O. The molecule has 0 saturated heterocycles. The Kier molecular flexibility index (Phi) is 5.40. The molecule has 0 spiro atoms. The van der Waals surface area contributed by atoms with Gasteiger partial charge in [0.15, 0.2) is 0 Å². The summed E-state index contributed by atoms with van der Waals surface area (Å²) >= 11 is 3.03. The maximum atomic E-state index is 14.9. The Hall–Kier alpha value is -1.97. The molecule has 2 atom stereocenters. The monoisotopic (exact) mass is 488 g/mol. The quantitative estimate of drug-likeness (QED) is 0.488. The number of halogens is 6. The Morgan fingerprint density at radius 3 is 2.47 bits per heavy atom. The highest BCUT2D eigenvalue weighted by molar-refractivity contribution is 9.10. The number of H-pyrrole nitrogens is 1. The van der Waals surface area contributed by atoms with Crippen LogP contribution >= 0.6 is 15.9 Å². The molecule has 3 nitrogen and oxygen atoms in total. The number of benzene rings is 2. The summed E-state index contributed by atoms with van der Waals surface area (Å²) in [5.74, 6) is -5.73. The Labute approximate surface area is 177 Å². The summed E-state index contributed by atoms with van der Waals surface area (Å²) < 4.78 is 72.2. The highest BCUT2D eigenvalue weighted by Gasteiger charge is 2.43. The number of hydrogen-bond donors (Lipinski definition) is 2. The first-order valence-electron chi connectivity index (χ1n) is 9.30. The van der Waals surface area contributed by atoms with Crippen LogP contribution in [0.1, 0.15) is 29.8 Å². The van der Waals surface area contributed by atoms with Crippen LogP contribution < -0.4 is 0 Å². The molecule has 4 rings (SSSR count). The van der Waals surface area contributed by atoms with Crippen molar-refractivity contribution in [2.75, 3.05) is 13.2 Å². The fourth-order valence-corrected chi connectivity index (χ4v) is 4.62. The van der Waals surface area contributed by atoms with Gasteiger partial charge in [-0.2, -0.15) is 0 Å². The lowest BCUT2D eigenvalue weighted by molar-refractivity contribution is -0.0869. The summed E-state index contributed by atoms with van der Waals surface area (Å²) in [5.41, 5.74) is 1.13. The highest BCUT2D eigenvalue weighted by atomic mass is 79.9. The SMILES string of the molecule is CC1Cc2c([nH]c3ccc(F)cc23)C(c2c(F)cc(Br)cc2F)N1CC(F)(F)CO. The fourth-order valence-electron chi connectivity index (χ4n) is 4.22. The molecule has 0 bridgehead atoms. The normalized spacial score (nSPS) is 20.0. The number of aliphatic hydroxyl groups is 1. The van der Waals surface area contributed by atoms with Crippen molar-refractivity contribution in [2.24, 2.45) is 0 Å². The third-order valence-electron chi connectivity index (χ3n) is 5.53. The second-order valence-corrected chi connectivity index (χ2v) is 8.55. The molecule has 0 amide bonds. The Morgan fingerprint density at radius 1 is 1.17 bits per heavy atom. The van der Waals surface area contributed by atoms with Crippen molar-refractivity contribution < 1.29 is 27.1 Å². The standard InChI is InChI=1S/C21H18BrF5N2O/c1-10-4-14-13-7-12(23)2-3-17(13)28-19(14)20(29(10)8-21(26,27)9-30)18-15(24)5-11(22)6-16(18)25/h2-3,5-7,10,20,28,30H,4,8-9H2,1H3. The van der Waals surface area contributed by atoms with Crippen molar-refractivity contribution in [2.45, 2.75) is 31.4 Å². The molecule has 0 radical (unpaired) electrons. The molecular weight excluding hydrogens is 471 g/mol. The molecule has 0 fully saturated rings. The topological polar surface area (TPSA) is 39.3 Å². The van der Waals surface area contributed by atoms with Gasteiger partial charge in [0.25, 0.3) is 5.92 Å². The van der Waals surface area contributed by atoms with Crippen molar-refractivity contribution in [1.29, 1.82) is 0 Å². The minimum absolute atomic E-state index is 0.177. The van der Waals surface area contributed by atoms with Crippen molar-refractivity contribution in [3.63, 3.8) is 0 Å². The van der Waals surface area contributed by atoms with Gasteiger partial charge in [-0.3, -0.25) is 4.90 Å². The first kappa shape index (κ1) is 21.3. The van der Waals surface area contributed by atoms with E-state index < -0.39 is 48.6 Å². The molecule has 2 unspecified atom stereocenters. The molecule has 0 saturated carbocycles. The number of aliphatic hydroxyl groups excluding tert-OH is 1. The lowest BCUT2D eigenvalue weighted by Crippen LogP contribution is -2.49. The second-order valence-electron chi connectivity index (χ2n) is 7.63. The van der Waals surface area contributed by atoms with Crippen LogP contribution in [0.15, 0.2) is 34.8 Å². The average molecular weight is 489 g/mol. The Bertz CT molecular complexity index is 1090. The summed E-state index contributed by atoms with van der Waals surface area (Å²) in [6.45, 7) is -0.622. The van der Waals surface area contributed by atoms with Crippen LogP contribution in [0.4, 0.5) is 22.0 Å². The second kappa shape index (κ2) is 7.62. The van der Waals surface area contributed by atoms with Gasteiger partial charge < -0.3 is 10.1 Å². The van der Waals surface area contributed by atoms with Gasteiger partial charge in [0, 0.05) is 32.7 Å². The van der Waals surface area contributed by atoms with Crippen molar-refractivity contribution in [3.05, 3.63) is 69.1 Å². The summed E-state index contributed by atoms with van der Waals surface area (Å²) in [5, 5.41) is 9.62. The number of aromatic nitrogens is 1. The molecule has 9 heteroatoms. The van der Waals surface area contributed by atoms with Crippen LogP contribution in [-0.4, -0.2) is 40.1 Å². The van der Waals surface area contributed by atoms with Crippen LogP contribution in [0.3, 0.4) is 0 Å². The number of nitrogens with one attached hydrogen (secondary N) is 1. The van der Waals surface area contributed by atoms with Crippen LogP contribution in [-0.2, 0) is 6.42 Å². The van der Waals surface area contributed by atoms with Crippen molar-refractivity contribution in [1.82, 2.24) is 9.88 Å². The lowest BCUT2D eigenvalue weighted by atomic mass is 9.87. The summed E-state index contributed by atoms with van der Waals surface area (Å²) in [6.07, 6.45) is 0.274. The van der Waals surface area contributed by atoms with E-state index >= 15 is 0 Å². The van der Waals surface area contributed by atoms with Gasteiger partial charge in [-0.25, -0.2) is 22.0 Å². The van der Waals surface area contributed by atoms with Gasteiger partial charge in [-0.1, -0.05) is 15.9 Å². The molecule has 2 aromatic carbocycles. The van der Waals surface area contributed by atoms with Crippen LogP contribution in [0.5, 0.6) is 0 Å². The molecule has 1 aliphatic rings. The number of rotatable bonds is 4. The zero-order valence-corrected chi connectivity index (χ0v) is 17.4. The van der Waals surface area contributed by atoms with Crippen LogP contribution in [0.2, 0.25) is 0 Å². The smallest absolute Gasteiger partial charge is 0.283 e. The first-order valence-corrected chi connectivity index (χ1v) is 10.1. The zero-order valence-electron chi connectivity index (χ0n) is 15.8. The molecule has 160 valence electrons. The van der Waals surface area contributed by atoms with Gasteiger partial charge in [0.2, 0.25) is 0 Å². The Morgan fingerprint density at radius 2 is 1.83 bits per heavy atom. The lowest BCUT2D eigenvalue weighted by Gasteiger charge is -2.42. The summed E-state index contributed by atoms with van der Waals surface area (Å²) in [4.78, 5) is 4.33. The van der Waals surface area contributed by atoms with E-state index in [1.54, 1.807) is 6.92 Å². The zero-order chi connectivity index (χ0) is 21.8. The van der Waals surface area contributed by atoms with Gasteiger partial charge in [0.05, 0.1) is 12.6 Å². The van der Waals surface area contributed by atoms with Crippen molar-refractivity contribution in [3.8, 4) is 0 Å². The molecule has 1 aliphatic heterocycles. The van der Waals surface area contributed by atoms with E-state index in [1.807, 2.05) is 0 Å². The number of hydrogen-bond acceptors (Lipinski definition) is 2. The predicted octanol–water partition coefficient (Wildman–Crippen LogP) is 5.31. The fraction of sp³-hybridized carbons (Fsp3) is 0.333. The van der Waals surface area contributed by atoms with E-state index in [4.69, 9.17) is 5.11 Å². The molecule has 0 aliphatic carbocycles. The number of fused-ring (bicyclic) bond motifs is 3. The van der Waals surface area contributed by atoms with Gasteiger partial charge >= 0.3 is 0 Å². The van der Waals surface area contributed by atoms with E-state index in [0.29, 0.717) is 22.2 Å². The molecule has 2 N–H and O–H groups in total. The largest absolute Gasteiger partial charge is 0.390 e. The number of nitrogens with zero attached hydrogens (tertiary/aromatic N) is 1. The van der Waals surface area contributed by atoms with E-state index in [9.17, 15) is 22.0 Å². The van der Waals surface area contributed by atoms with E-state index in [2.05, 4.69) is 20.9 Å². The third-order valence-corrected chi connectivity index (χ3v) is 5.99. The highest BCUT2D eigenvalue weighted by Crippen LogP contribution is 2.43. The average Bonchev–Trinajstić information content (AvgIpc) is 3.00. The minimum atomic E-state index is -3.47. The first-order chi connectivity index (χ1) is 14.1. The maximum Gasteiger partial charge on any atom is 0.283 e. The minimum Gasteiger partial charge on any atom is -0.390 e. The molecule has 30 heavy (non-hydrogen) atoms. The Balaban J connectivity index is 1.97. The van der Waals surface area contributed by atoms with Crippen molar-refractivity contribution >= 4 is 26.8 Å². The molecule has 1 aromatic heterocycles. The van der Waals surface area contributed by atoms with E-state index in [-0.39, 0.29) is 16.5 Å². The summed E-state index contributed by atoms with van der Waals surface area (Å²) in [6, 6.07) is 4.46. The number of aromatic amines is 1. The van der Waals surface area contributed by atoms with E-state index in [0.717, 1.165) is 12.1 Å². The van der Waals surface area contributed by atoms with Gasteiger partial charge in [0.1, 0.15) is 24.1 Å². The van der Waals surface area contributed by atoms with Crippen LogP contribution in [0.25, 0.3) is 10.9 Å². The molecule has 3 aromatic rings. The van der Waals surface area contributed by atoms with Crippen LogP contribution in [0, 0.1) is 17.5 Å². The van der Waals surface area contributed by atoms with Gasteiger partial charge in [-0.15, -0.1) is 0 Å². The third kappa shape index (κ3) is 3.63. The van der Waals surface area contributed by atoms with E-state index in [1.165, 1.54) is 23.1 Å². The van der Waals surface area contributed by atoms with Gasteiger partial charge in [-0.05, 0) is 49.2 Å². The maximum absolute atomic E-state index is 14.9.